The van der Waals surface area contributed by atoms with Crippen LogP contribution in [-0.2, 0) is 14.8 Å². The first-order valence-electron chi connectivity index (χ1n) is 6.76. The lowest BCUT2D eigenvalue weighted by molar-refractivity contribution is -0.112. The van der Waals surface area contributed by atoms with Crippen LogP contribution in [0.25, 0.3) is 0 Å². The van der Waals surface area contributed by atoms with E-state index in [-0.39, 0.29) is 17.4 Å². The number of nitrogens with zero attached hydrogens (tertiary/aromatic N) is 1. The summed E-state index contributed by atoms with van der Waals surface area (Å²) in [6.45, 7) is 3.16. The van der Waals surface area contributed by atoms with E-state index >= 15 is 0 Å². The summed E-state index contributed by atoms with van der Waals surface area (Å²) < 4.78 is 31.7. The number of sulfonamides is 1. The van der Waals surface area contributed by atoms with Crippen LogP contribution in [0.1, 0.15) is 19.8 Å². The standard InChI is InChI=1S/C14H19NO4S/c1-2-19-13-5-7-14(8-6-13)20(17,18)15-9-3-4-12(10-15)11-16/h5-8,11-12H,2-4,9-10H2,1H3. The molecule has 0 aromatic heterocycles. The molecule has 1 aromatic rings. The van der Waals surface area contributed by atoms with Gasteiger partial charge in [-0.1, -0.05) is 0 Å². The van der Waals surface area contributed by atoms with E-state index in [9.17, 15) is 13.2 Å². The highest BCUT2D eigenvalue weighted by Crippen LogP contribution is 2.24. The zero-order valence-corrected chi connectivity index (χ0v) is 12.3. The second-order valence-corrected chi connectivity index (χ2v) is 6.74. The van der Waals surface area contributed by atoms with Crippen LogP contribution < -0.4 is 4.74 Å². The molecule has 5 nitrogen and oxygen atoms in total. The molecule has 0 N–H and O–H groups in total. The molecule has 1 aromatic carbocycles. The van der Waals surface area contributed by atoms with Crippen molar-refractivity contribution in [1.29, 1.82) is 0 Å². The van der Waals surface area contributed by atoms with Crippen LogP contribution >= 0.6 is 0 Å². The van der Waals surface area contributed by atoms with Crippen LogP contribution in [0.15, 0.2) is 29.2 Å². The summed E-state index contributed by atoms with van der Waals surface area (Å²) in [5, 5.41) is 0. The van der Waals surface area contributed by atoms with E-state index in [1.165, 1.54) is 4.31 Å². The van der Waals surface area contributed by atoms with Crippen molar-refractivity contribution in [3.8, 4) is 5.75 Å². The number of carbonyl (C=O) groups excluding carboxylic acids is 1. The third kappa shape index (κ3) is 3.19. The number of piperidine rings is 1. The van der Waals surface area contributed by atoms with Gasteiger partial charge >= 0.3 is 0 Å². The first-order valence-corrected chi connectivity index (χ1v) is 8.20. The molecule has 1 atom stereocenters. The van der Waals surface area contributed by atoms with Crippen molar-refractivity contribution in [2.75, 3.05) is 19.7 Å². The molecule has 0 bridgehead atoms. The van der Waals surface area contributed by atoms with Crippen molar-refractivity contribution in [2.45, 2.75) is 24.7 Å². The van der Waals surface area contributed by atoms with Crippen molar-refractivity contribution in [3.05, 3.63) is 24.3 Å². The lowest BCUT2D eigenvalue weighted by atomic mass is 10.0. The second kappa shape index (κ2) is 6.37. The molecule has 1 heterocycles. The van der Waals surface area contributed by atoms with Crippen molar-refractivity contribution >= 4 is 16.3 Å². The summed E-state index contributed by atoms with van der Waals surface area (Å²) in [6.07, 6.45) is 2.33. The molecule has 6 heteroatoms. The minimum absolute atomic E-state index is 0.193. The Balaban J connectivity index is 2.18. The van der Waals surface area contributed by atoms with Gasteiger partial charge in [0.2, 0.25) is 10.0 Å². The number of aldehydes is 1. The molecule has 20 heavy (non-hydrogen) atoms. The molecular weight excluding hydrogens is 278 g/mol. The predicted octanol–water partition coefficient (Wildman–Crippen LogP) is 1.68. The molecule has 0 saturated carbocycles. The number of benzene rings is 1. The van der Waals surface area contributed by atoms with Gasteiger partial charge in [0.25, 0.3) is 0 Å². The molecule has 1 saturated heterocycles. The first-order chi connectivity index (χ1) is 9.57. The Bertz CT molecular complexity index is 553. The zero-order chi connectivity index (χ0) is 14.6. The Morgan fingerprint density at radius 2 is 2.05 bits per heavy atom. The van der Waals surface area contributed by atoms with E-state index < -0.39 is 10.0 Å². The highest BCUT2D eigenvalue weighted by atomic mass is 32.2. The smallest absolute Gasteiger partial charge is 0.243 e. The zero-order valence-electron chi connectivity index (χ0n) is 11.5. The average Bonchev–Trinajstić information content (AvgIpc) is 2.48. The largest absolute Gasteiger partial charge is 0.494 e. The molecule has 0 aliphatic carbocycles. The Kier molecular flexibility index (Phi) is 4.77. The normalized spacial score (nSPS) is 20.6. The minimum atomic E-state index is -3.52. The number of hydrogen-bond donors (Lipinski definition) is 0. The van der Waals surface area contributed by atoms with Gasteiger partial charge in [-0.2, -0.15) is 4.31 Å². The van der Waals surface area contributed by atoms with E-state index in [0.29, 0.717) is 18.9 Å². The molecule has 1 fully saturated rings. The van der Waals surface area contributed by atoms with Crippen molar-refractivity contribution < 1.29 is 17.9 Å². The van der Waals surface area contributed by atoms with Crippen LogP contribution in [0.5, 0.6) is 5.75 Å². The minimum Gasteiger partial charge on any atom is -0.494 e. The molecule has 110 valence electrons. The Morgan fingerprint density at radius 3 is 2.65 bits per heavy atom. The first kappa shape index (κ1) is 15.0. The SMILES string of the molecule is CCOc1ccc(S(=O)(=O)N2CCCC(C=O)C2)cc1. The fraction of sp³-hybridized carbons (Fsp3) is 0.500. The molecule has 1 unspecified atom stereocenters. The molecule has 1 aliphatic heterocycles. The maximum atomic E-state index is 12.5. The van der Waals surface area contributed by atoms with E-state index in [1.54, 1.807) is 24.3 Å². The number of ether oxygens (including phenoxy) is 1. The summed E-state index contributed by atoms with van der Waals surface area (Å²) in [4.78, 5) is 11.1. The molecule has 0 radical (unpaired) electrons. The third-order valence-electron chi connectivity index (χ3n) is 3.39. The van der Waals surface area contributed by atoms with E-state index in [0.717, 1.165) is 19.1 Å². The van der Waals surface area contributed by atoms with Crippen LogP contribution in [0.2, 0.25) is 0 Å². The Labute approximate surface area is 119 Å². The maximum Gasteiger partial charge on any atom is 0.243 e. The lowest BCUT2D eigenvalue weighted by Gasteiger charge is -2.29. The van der Waals surface area contributed by atoms with E-state index in [2.05, 4.69) is 0 Å². The Hall–Kier alpha value is -1.40. The van der Waals surface area contributed by atoms with Gasteiger partial charge in [-0.15, -0.1) is 0 Å². The molecule has 0 spiro atoms. The fourth-order valence-electron chi connectivity index (χ4n) is 2.33. The topological polar surface area (TPSA) is 63.7 Å². The van der Waals surface area contributed by atoms with Crippen LogP contribution in [0, 0.1) is 5.92 Å². The van der Waals surface area contributed by atoms with Gasteiger partial charge in [0, 0.05) is 19.0 Å². The van der Waals surface area contributed by atoms with Crippen molar-refractivity contribution in [3.63, 3.8) is 0 Å². The maximum absolute atomic E-state index is 12.5. The van der Waals surface area contributed by atoms with Crippen molar-refractivity contribution in [2.24, 2.45) is 5.92 Å². The van der Waals surface area contributed by atoms with Gasteiger partial charge in [-0.3, -0.25) is 0 Å². The quantitative estimate of drug-likeness (QED) is 0.776. The van der Waals surface area contributed by atoms with E-state index in [1.807, 2.05) is 6.92 Å². The summed E-state index contributed by atoms with van der Waals surface area (Å²) >= 11 is 0. The number of rotatable bonds is 5. The van der Waals surface area contributed by atoms with Crippen LogP contribution in [0.4, 0.5) is 0 Å². The van der Waals surface area contributed by atoms with Gasteiger partial charge in [0.05, 0.1) is 11.5 Å². The molecule has 2 rings (SSSR count). The molecule has 1 aliphatic rings. The van der Waals surface area contributed by atoms with Crippen molar-refractivity contribution in [1.82, 2.24) is 4.31 Å². The van der Waals surface area contributed by atoms with Crippen LogP contribution in [0.3, 0.4) is 0 Å². The summed E-state index contributed by atoms with van der Waals surface area (Å²) in [6, 6.07) is 6.39. The Morgan fingerprint density at radius 1 is 1.35 bits per heavy atom. The monoisotopic (exact) mass is 297 g/mol. The summed E-state index contributed by atoms with van der Waals surface area (Å²) in [5.74, 6) is 0.456. The number of carbonyl (C=O) groups is 1. The highest BCUT2D eigenvalue weighted by Gasteiger charge is 2.29. The van der Waals surface area contributed by atoms with Crippen LogP contribution in [-0.4, -0.2) is 38.7 Å². The number of hydrogen-bond acceptors (Lipinski definition) is 4. The lowest BCUT2D eigenvalue weighted by Crippen LogP contribution is -2.40. The van der Waals surface area contributed by atoms with Gasteiger partial charge < -0.3 is 9.53 Å². The van der Waals surface area contributed by atoms with Gasteiger partial charge in [-0.25, -0.2) is 8.42 Å². The third-order valence-corrected chi connectivity index (χ3v) is 5.26. The fourth-order valence-corrected chi connectivity index (χ4v) is 3.86. The summed E-state index contributed by atoms with van der Waals surface area (Å²) in [5.41, 5.74) is 0. The molecular formula is C14H19NO4S. The molecule has 0 amide bonds. The van der Waals surface area contributed by atoms with Gasteiger partial charge in [0.1, 0.15) is 12.0 Å². The van der Waals surface area contributed by atoms with Gasteiger partial charge in [0.15, 0.2) is 0 Å². The summed E-state index contributed by atoms with van der Waals surface area (Å²) in [7, 11) is -3.52. The second-order valence-electron chi connectivity index (χ2n) is 4.81. The highest BCUT2D eigenvalue weighted by molar-refractivity contribution is 7.89. The van der Waals surface area contributed by atoms with Gasteiger partial charge in [-0.05, 0) is 44.0 Å². The van der Waals surface area contributed by atoms with E-state index in [4.69, 9.17) is 4.74 Å². The average molecular weight is 297 g/mol. The predicted molar refractivity (Wildman–Crippen MR) is 75.2 cm³/mol.